The maximum atomic E-state index is 11.7. The van der Waals surface area contributed by atoms with Crippen LogP contribution in [0.4, 0.5) is 4.79 Å². The summed E-state index contributed by atoms with van der Waals surface area (Å²) in [6.45, 7) is 3.24. The first kappa shape index (κ1) is 10.4. The van der Waals surface area contributed by atoms with Crippen LogP contribution in [0.15, 0.2) is 0 Å². The van der Waals surface area contributed by atoms with Crippen LogP contribution in [0, 0.1) is 0 Å². The minimum absolute atomic E-state index is 0.112. The van der Waals surface area contributed by atoms with Crippen LogP contribution in [-0.4, -0.2) is 67.6 Å². The Bertz CT molecular complexity index is 277. The normalized spacial score (nSPS) is 21.7. The first-order valence-corrected chi connectivity index (χ1v) is 5.17. The molecule has 2 aliphatic rings. The molecule has 0 bridgehead atoms. The third-order valence-corrected chi connectivity index (χ3v) is 2.93. The van der Waals surface area contributed by atoms with Gasteiger partial charge in [-0.1, -0.05) is 0 Å². The van der Waals surface area contributed by atoms with Crippen molar-refractivity contribution < 1.29 is 9.59 Å². The van der Waals surface area contributed by atoms with Crippen molar-refractivity contribution in [3.8, 4) is 0 Å². The molecule has 0 saturated carbocycles. The van der Waals surface area contributed by atoms with Gasteiger partial charge < -0.3 is 10.6 Å². The molecule has 0 aliphatic carbocycles. The molecule has 6 nitrogen and oxygen atoms in total. The van der Waals surface area contributed by atoms with Gasteiger partial charge in [-0.3, -0.25) is 14.6 Å². The molecule has 0 radical (unpaired) electrons. The molecule has 3 amide bonds. The number of hydrogen-bond donors (Lipinski definition) is 2. The zero-order chi connectivity index (χ0) is 10.8. The molecule has 2 rings (SSSR count). The summed E-state index contributed by atoms with van der Waals surface area (Å²) in [5.74, 6) is -0.112. The van der Waals surface area contributed by atoms with Crippen molar-refractivity contribution in [2.24, 2.45) is 0 Å². The molecule has 2 N–H and O–H groups in total. The van der Waals surface area contributed by atoms with Crippen LogP contribution >= 0.6 is 0 Å². The second kappa shape index (κ2) is 4.16. The summed E-state index contributed by atoms with van der Waals surface area (Å²) in [5, 5.41) is 5.76. The van der Waals surface area contributed by atoms with Crippen LogP contribution in [0.3, 0.4) is 0 Å². The van der Waals surface area contributed by atoms with E-state index in [0.717, 1.165) is 13.1 Å². The highest BCUT2D eigenvalue weighted by molar-refractivity contribution is 5.96. The molecule has 6 heteroatoms. The molecule has 0 aromatic rings. The fourth-order valence-electron chi connectivity index (χ4n) is 1.72. The molecule has 0 spiro atoms. The number of imide groups is 1. The molecule has 2 aliphatic heterocycles. The largest absolute Gasteiger partial charge is 0.336 e. The van der Waals surface area contributed by atoms with Crippen molar-refractivity contribution >= 4 is 11.9 Å². The Hall–Kier alpha value is -1.14. The van der Waals surface area contributed by atoms with Crippen molar-refractivity contribution in [2.45, 2.75) is 6.04 Å². The monoisotopic (exact) mass is 212 g/mol. The van der Waals surface area contributed by atoms with Gasteiger partial charge in [0.05, 0.1) is 6.54 Å². The van der Waals surface area contributed by atoms with Gasteiger partial charge in [0.2, 0.25) is 5.91 Å². The SMILES string of the molecule is CN(CC(=O)N1CCNC1=O)C1CNC1. The van der Waals surface area contributed by atoms with Crippen LogP contribution < -0.4 is 10.6 Å². The summed E-state index contributed by atoms with van der Waals surface area (Å²) >= 11 is 0. The van der Waals surface area contributed by atoms with Crippen molar-refractivity contribution in [1.29, 1.82) is 0 Å². The topological polar surface area (TPSA) is 64.7 Å². The molecule has 0 atom stereocenters. The third-order valence-electron chi connectivity index (χ3n) is 2.93. The predicted molar refractivity (Wildman–Crippen MR) is 54.4 cm³/mol. The predicted octanol–water partition coefficient (Wildman–Crippen LogP) is -1.56. The van der Waals surface area contributed by atoms with Crippen LogP contribution in [0.25, 0.3) is 0 Å². The zero-order valence-corrected chi connectivity index (χ0v) is 8.82. The van der Waals surface area contributed by atoms with Gasteiger partial charge in [0.25, 0.3) is 0 Å². The summed E-state index contributed by atoms with van der Waals surface area (Å²) in [5.41, 5.74) is 0. The average molecular weight is 212 g/mol. The Labute approximate surface area is 88.6 Å². The van der Waals surface area contributed by atoms with Crippen LogP contribution in [0.5, 0.6) is 0 Å². The molecule has 2 heterocycles. The maximum Gasteiger partial charge on any atom is 0.324 e. The Morgan fingerprint density at radius 2 is 2.33 bits per heavy atom. The van der Waals surface area contributed by atoms with E-state index < -0.39 is 0 Å². The van der Waals surface area contributed by atoms with E-state index in [1.165, 1.54) is 4.90 Å². The number of nitrogens with zero attached hydrogens (tertiary/aromatic N) is 2. The van der Waals surface area contributed by atoms with E-state index in [0.29, 0.717) is 25.7 Å². The molecule has 2 saturated heterocycles. The lowest BCUT2D eigenvalue weighted by molar-refractivity contribution is -0.129. The summed E-state index contributed by atoms with van der Waals surface area (Å²) in [6.07, 6.45) is 0. The standard InChI is InChI=1S/C9H16N4O2/c1-12(7-4-10-5-7)6-8(14)13-3-2-11-9(13)15/h7,10H,2-6H2,1H3,(H,11,15). The van der Waals surface area contributed by atoms with Crippen LogP contribution in [0.2, 0.25) is 0 Å². The van der Waals surface area contributed by atoms with E-state index in [2.05, 4.69) is 10.6 Å². The Morgan fingerprint density at radius 1 is 1.60 bits per heavy atom. The molecular formula is C9H16N4O2. The van der Waals surface area contributed by atoms with Gasteiger partial charge >= 0.3 is 6.03 Å². The minimum atomic E-state index is -0.264. The molecule has 0 aromatic carbocycles. The van der Waals surface area contributed by atoms with E-state index >= 15 is 0 Å². The van der Waals surface area contributed by atoms with Gasteiger partial charge in [0.1, 0.15) is 0 Å². The summed E-state index contributed by atoms with van der Waals surface area (Å²) in [6, 6.07) is 0.166. The van der Waals surface area contributed by atoms with Crippen molar-refractivity contribution in [3.05, 3.63) is 0 Å². The Kier molecular flexibility index (Phi) is 2.88. The summed E-state index contributed by atoms with van der Waals surface area (Å²) < 4.78 is 0. The molecular weight excluding hydrogens is 196 g/mol. The maximum absolute atomic E-state index is 11.7. The Morgan fingerprint density at radius 3 is 2.80 bits per heavy atom. The number of amides is 3. The van der Waals surface area contributed by atoms with Crippen LogP contribution in [0.1, 0.15) is 0 Å². The fraction of sp³-hybridized carbons (Fsp3) is 0.778. The van der Waals surface area contributed by atoms with Crippen molar-refractivity contribution in [2.75, 3.05) is 39.8 Å². The second-order valence-electron chi connectivity index (χ2n) is 4.00. The number of likely N-dealkylation sites (N-methyl/N-ethyl adjacent to an activating group) is 1. The van der Waals surface area contributed by atoms with E-state index in [4.69, 9.17) is 0 Å². The quantitative estimate of drug-likeness (QED) is 0.594. The minimum Gasteiger partial charge on any atom is -0.336 e. The third kappa shape index (κ3) is 2.10. The Balaban J connectivity index is 1.82. The van der Waals surface area contributed by atoms with Gasteiger partial charge in [-0.2, -0.15) is 0 Å². The first-order chi connectivity index (χ1) is 7.18. The smallest absolute Gasteiger partial charge is 0.324 e. The average Bonchev–Trinajstić information content (AvgIpc) is 2.47. The van der Waals surface area contributed by atoms with Gasteiger partial charge in [0.15, 0.2) is 0 Å². The van der Waals surface area contributed by atoms with Gasteiger partial charge in [0, 0.05) is 32.2 Å². The second-order valence-corrected chi connectivity index (χ2v) is 4.00. The number of carbonyl (C=O) groups excluding carboxylic acids is 2. The highest BCUT2D eigenvalue weighted by atomic mass is 16.2. The van der Waals surface area contributed by atoms with Gasteiger partial charge in [-0.25, -0.2) is 4.79 Å². The number of nitrogens with one attached hydrogen (secondary N) is 2. The first-order valence-electron chi connectivity index (χ1n) is 5.17. The molecule has 0 unspecified atom stereocenters. The number of carbonyl (C=O) groups is 2. The molecule has 2 fully saturated rings. The van der Waals surface area contributed by atoms with Crippen molar-refractivity contribution in [1.82, 2.24) is 20.4 Å². The molecule has 0 aromatic heterocycles. The van der Waals surface area contributed by atoms with E-state index in [9.17, 15) is 9.59 Å². The zero-order valence-electron chi connectivity index (χ0n) is 8.82. The highest BCUT2D eigenvalue weighted by Gasteiger charge is 2.29. The molecule has 15 heavy (non-hydrogen) atoms. The lowest BCUT2D eigenvalue weighted by Crippen LogP contribution is -2.57. The van der Waals surface area contributed by atoms with E-state index in [-0.39, 0.29) is 11.9 Å². The fourth-order valence-corrected chi connectivity index (χ4v) is 1.72. The van der Waals surface area contributed by atoms with Crippen molar-refractivity contribution in [3.63, 3.8) is 0 Å². The van der Waals surface area contributed by atoms with Gasteiger partial charge in [-0.05, 0) is 7.05 Å². The van der Waals surface area contributed by atoms with Crippen LogP contribution in [-0.2, 0) is 4.79 Å². The number of rotatable bonds is 3. The molecule has 84 valence electrons. The lowest BCUT2D eigenvalue weighted by Gasteiger charge is -2.35. The summed E-state index contributed by atoms with van der Waals surface area (Å²) in [7, 11) is 1.91. The van der Waals surface area contributed by atoms with E-state index in [1.807, 2.05) is 11.9 Å². The number of hydrogen-bond acceptors (Lipinski definition) is 4. The van der Waals surface area contributed by atoms with E-state index in [1.54, 1.807) is 0 Å². The lowest BCUT2D eigenvalue weighted by atomic mass is 10.1. The van der Waals surface area contributed by atoms with Gasteiger partial charge in [-0.15, -0.1) is 0 Å². The highest BCUT2D eigenvalue weighted by Crippen LogP contribution is 2.04. The summed E-state index contributed by atoms with van der Waals surface area (Å²) in [4.78, 5) is 26.2. The number of urea groups is 1.